The maximum atomic E-state index is 14.2. The minimum Gasteiger partial charge on any atom is -0.494 e. The largest absolute Gasteiger partial charge is 0.494 e. The van der Waals surface area contributed by atoms with Crippen LogP contribution in [0.4, 0.5) is 9.59 Å². The van der Waals surface area contributed by atoms with E-state index in [0.29, 0.717) is 26.1 Å². The molecule has 5 rings (SSSR count). The highest BCUT2D eigenvalue weighted by Crippen LogP contribution is 2.30. The highest BCUT2D eigenvalue weighted by atomic mass is 32.2. The molecule has 0 radical (unpaired) electrons. The Kier molecular flexibility index (Phi) is 17.2. The first-order valence-corrected chi connectivity index (χ1v) is 22.8. The van der Waals surface area contributed by atoms with Crippen LogP contribution in [-0.2, 0) is 52.7 Å². The van der Waals surface area contributed by atoms with Crippen molar-refractivity contribution in [1.29, 1.82) is 0 Å². The van der Waals surface area contributed by atoms with Crippen LogP contribution in [0, 0.1) is 0 Å². The van der Waals surface area contributed by atoms with E-state index in [1.807, 2.05) is 24.3 Å². The van der Waals surface area contributed by atoms with Crippen molar-refractivity contribution >= 4 is 40.9 Å². The molecule has 17 heteroatoms. The maximum Gasteiger partial charge on any atom is 0.410 e. The number of amides is 5. The first-order valence-electron chi connectivity index (χ1n) is 21.6. The van der Waals surface area contributed by atoms with Gasteiger partial charge in [0.2, 0.25) is 11.8 Å². The third-order valence-electron chi connectivity index (χ3n) is 11.0. The van der Waals surface area contributed by atoms with Gasteiger partial charge >= 0.3 is 12.2 Å². The fourth-order valence-corrected chi connectivity index (χ4v) is 8.50. The van der Waals surface area contributed by atoms with Crippen molar-refractivity contribution in [3.63, 3.8) is 0 Å². The van der Waals surface area contributed by atoms with Gasteiger partial charge in [-0.2, -0.15) is 0 Å². The fourth-order valence-electron chi connectivity index (χ4n) is 7.36. The Morgan fingerprint density at radius 1 is 0.967 bits per heavy atom. The lowest BCUT2D eigenvalue weighted by atomic mass is 9.93. The summed E-state index contributed by atoms with van der Waals surface area (Å²) in [6.07, 6.45) is 9.00. The molecule has 4 aliphatic rings. The number of nitrogens with zero attached hydrogens (tertiary/aromatic N) is 3. The van der Waals surface area contributed by atoms with Crippen molar-refractivity contribution in [1.82, 2.24) is 30.1 Å². The second-order valence-corrected chi connectivity index (χ2v) is 18.8. The van der Waals surface area contributed by atoms with Gasteiger partial charge in [-0.1, -0.05) is 38.0 Å². The molecule has 3 heterocycles. The van der Waals surface area contributed by atoms with Gasteiger partial charge in [-0.05, 0) is 95.9 Å². The first kappa shape index (κ1) is 46.8. The van der Waals surface area contributed by atoms with Gasteiger partial charge in [0.05, 0.1) is 31.6 Å². The Morgan fingerprint density at radius 2 is 1.70 bits per heavy atom. The van der Waals surface area contributed by atoms with Crippen LogP contribution < -0.4 is 20.1 Å². The van der Waals surface area contributed by atoms with Crippen molar-refractivity contribution in [3.05, 3.63) is 41.5 Å². The third-order valence-corrected chi connectivity index (χ3v) is 12.4. The van der Waals surface area contributed by atoms with Crippen LogP contribution in [0.3, 0.4) is 0 Å². The lowest BCUT2D eigenvalue weighted by Gasteiger charge is -2.32. The molecule has 4 atom stereocenters. The Labute approximate surface area is 357 Å². The van der Waals surface area contributed by atoms with Gasteiger partial charge in [0.15, 0.2) is 0 Å². The van der Waals surface area contributed by atoms with E-state index in [9.17, 15) is 28.2 Å². The molecule has 3 aliphatic heterocycles. The van der Waals surface area contributed by atoms with Crippen molar-refractivity contribution < 1.29 is 47.1 Å². The number of allylic oxidation sites excluding steroid dienone is 2. The second kappa shape index (κ2) is 22.0. The van der Waals surface area contributed by atoms with E-state index in [0.717, 1.165) is 94.7 Å². The zero-order valence-electron chi connectivity index (χ0n) is 36.1. The minimum absolute atomic E-state index is 0.0397. The Bertz CT molecular complexity index is 1710. The summed E-state index contributed by atoms with van der Waals surface area (Å²) in [5.74, 6) is -1.08. The maximum absolute atomic E-state index is 14.2. The van der Waals surface area contributed by atoms with Crippen LogP contribution >= 0.6 is 0 Å². The molecule has 2 unspecified atom stereocenters. The monoisotopic (exact) mass is 858 g/mol. The number of ether oxygens (including phenoxy) is 4. The molecule has 0 aromatic heterocycles. The van der Waals surface area contributed by atoms with Crippen molar-refractivity contribution in [2.24, 2.45) is 0 Å². The summed E-state index contributed by atoms with van der Waals surface area (Å²) in [7, 11) is -1.59. The molecule has 1 saturated carbocycles. The predicted octanol–water partition coefficient (Wildman–Crippen LogP) is 4.47. The van der Waals surface area contributed by atoms with Gasteiger partial charge in [-0.3, -0.25) is 28.9 Å². The summed E-state index contributed by atoms with van der Waals surface area (Å²) >= 11 is 0. The standard InChI is InChI=1S/C43H66N6O10S/c1-6-7-8-9-10-11-12-18-43(5,39(52)46-60(55)35-16-17-35)45-38(51)36-26-34(30-49(36)37(50)27-44-40(53)59-42(2,3)4)58-41(54)48-28-31-14-15-33(25-32(31)29-48)57-22-13-19-47-20-23-56-24-21-47/h10-11,14-15,25,34-36H,6-9,12-13,16-24,26-30H2,1-5H3,(H,44,53)(H,45,51)(H,46,52)/b11-10-/t34-,36?,43+,60?/m1/s1. The molecule has 334 valence electrons. The van der Waals surface area contributed by atoms with E-state index < -0.39 is 70.7 Å². The quantitative estimate of drug-likeness (QED) is 0.124. The van der Waals surface area contributed by atoms with Gasteiger partial charge in [-0.25, -0.2) is 13.8 Å². The van der Waals surface area contributed by atoms with Gasteiger partial charge in [0.25, 0.3) is 5.91 Å². The van der Waals surface area contributed by atoms with Crippen LogP contribution in [-0.4, -0.2) is 130 Å². The molecule has 60 heavy (non-hydrogen) atoms. The van der Waals surface area contributed by atoms with E-state index >= 15 is 0 Å². The second-order valence-electron chi connectivity index (χ2n) is 17.4. The number of likely N-dealkylation sites (tertiary alicyclic amines) is 1. The van der Waals surface area contributed by atoms with Gasteiger partial charge in [0.1, 0.15) is 46.6 Å². The zero-order chi connectivity index (χ0) is 43.3. The number of carbonyl (C=O) groups excluding carboxylic acids is 5. The molecule has 5 amide bonds. The van der Waals surface area contributed by atoms with Crippen LogP contribution in [0.25, 0.3) is 0 Å². The topological polar surface area (TPSA) is 185 Å². The van der Waals surface area contributed by atoms with Crippen LogP contribution in [0.15, 0.2) is 30.4 Å². The van der Waals surface area contributed by atoms with Crippen LogP contribution in [0.2, 0.25) is 0 Å². The first-order chi connectivity index (χ1) is 28.6. The number of alkyl carbamates (subject to hydrolysis) is 1. The normalized spacial score (nSPS) is 20.9. The molecule has 0 bridgehead atoms. The number of nitrogens with one attached hydrogen (secondary N) is 3. The van der Waals surface area contributed by atoms with Gasteiger partial charge in [0, 0.05) is 39.1 Å². The lowest BCUT2D eigenvalue weighted by molar-refractivity contribution is -0.140. The summed E-state index contributed by atoms with van der Waals surface area (Å²) in [6, 6.07) is 4.66. The molecule has 3 N–H and O–H groups in total. The summed E-state index contributed by atoms with van der Waals surface area (Å²) < 4.78 is 38.1. The highest BCUT2D eigenvalue weighted by Gasteiger charge is 2.46. The summed E-state index contributed by atoms with van der Waals surface area (Å²) in [4.78, 5) is 72.9. The number of morpholine rings is 1. The number of fused-ring (bicyclic) bond motifs is 1. The fraction of sp³-hybridized carbons (Fsp3) is 0.698. The highest BCUT2D eigenvalue weighted by molar-refractivity contribution is 7.84. The Hall–Kier alpha value is -4.22. The summed E-state index contributed by atoms with van der Waals surface area (Å²) in [5, 5.41) is 5.22. The number of unbranched alkanes of at least 4 members (excludes halogenated alkanes) is 3. The third kappa shape index (κ3) is 14.5. The van der Waals surface area contributed by atoms with Crippen molar-refractivity contribution in [2.75, 3.05) is 52.5 Å². The van der Waals surface area contributed by atoms with Crippen molar-refractivity contribution in [2.45, 2.75) is 140 Å². The van der Waals surface area contributed by atoms with Crippen LogP contribution in [0.5, 0.6) is 5.75 Å². The van der Waals surface area contributed by atoms with E-state index in [4.69, 9.17) is 18.9 Å². The number of benzene rings is 1. The van der Waals surface area contributed by atoms with E-state index in [-0.39, 0.29) is 24.6 Å². The van der Waals surface area contributed by atoms with Crippen molar-refractivity contribution in [3.8, 4) is 5.75 Å². The zero-order valence-corrected chi connectivity index (χ0v) is 36.9. The molecule has 1 aliphatic carbocycles. The molecule has 3 fully saturated rings. The number of carbonyl (C=O) groups is 5. The predicted molar refractivity (Wildman–Crippen MR) is 226 cm³/mol. The molecule has 1 aromatic carbocycles. The number of hydrogen-bond donors (Lipinski definition) is 3. The summed E-state index contributed by atoms with van der Waals surface area (Å²) in [6.45, 7) is 13.8. The Balaban J connectivity index is 1.22. The average Bonchev–Trinajstić information content (AvgIpc) is 3.84. The lowest BCUT2D eigenvalue weighted by Crippen LogP contribution is -2.61. The number of hydrogen-bond acceptors (Lipinski definition) is 11. The Morgan fingerprint density at radius 3 is 2.42 bits per heavy atom. The van der Waals surface area contributed by atoms with Gasteiger partial charge < -0.3 is 34.5 Å². The van der Waals surface area contributed by atoms with Gasteiger partial charge in [-0.15, -0.1) is 0 Å². The molecule has 1 aromatic rings. The molecule has 0 spiro atoms. The molecular weight excluding hydrogens is 793 g/mol. The van der Waals surface area contributed by atoms with E-state index in [1.165, 1.54) is 4.90 Å². The molecular formula is C43H66N6O10S. The average molecular weight is 859 g/mol. The summed E-state index contributed by atoms with van der Waals surface area (Å²) in [5.41, 5.74) is -0.353. The SMILES string of the molecule is CCCCC/C=C\CC[C@](C)(NC(=O)C1C[C@@H](OC(=O)N2Cc3ccc(OCCCN4CCOCC4)cc3C2)CN1C(=O)CNC(=O)OC(C)(C)C)C(=O)NS(=O)C1CC1. The number of rotatable bonds is 20. The van der Waals surface area contributed by atoms with Crippen LogP contribution in [0.1, 0.15) is 110 Å². The minimum atomic E-state index is -1.59. The molecule has 2 saturated heterocycles. The smallest absolute Gasteiger partial charge is 0.410 e. The van der Waals surface area contributed by atoms with E-state index in [2.05, 4.69) is 33.3 Å². The molecule has 16 nitrogen and oxygen atoms in total. The van der Waals surface area contributed by atoms with E-state index in [1.54, 1.807) is 32.6 Å².